The molecule has 0 heterocycles. The fraction of sp³-hybridized carbons (Fsp3) is 0.0435. The monoisotopic (exact) mass is 443 g/mol. The third-order valence-electron chi connectivity index (χ3n) is 4.01. The Bertz CT molecular complexity index is 1130. The lowest BCUT2D eigenvalue weighted by Gasteiger charge is -2.13. The normalized spacial score (nSPS) is 11.5. The summed E-state index contributed by atoms with van der Waals surface area (Å²) in [5, 5.41) is 11.7. The predicted octanol–water partition coefficient (Wildman–Crippen LogP) is 5.23. The van der Waals surface area contributed by atoms with E-state index in [9.17, 15) is 27.9 Å². The van der Waals surface area contributed by atoms with Crippen LogP contribution in [0.25, 0.3) is 6.08 Å². The van der Waals surface area contributed by atoms with Crippen LogP contribution in [0.1, 0.15) is 15.9 Å². The summed E-state index contributed by atoms with van der Waals surface area (Å²) in [7, 11) is 0. The second-order valence-electron chi connectivity index (χ2n) is 6.35. The van der Waals surface area contributed by atoms with E-state index in [1.54, 1.807) is 30.3 Å². The van der Waals surface area contributed by atoms with E-state index in [1.807, 2.05) is 0 Å². The number of para-hydroxylation sites is 2. The summed E-state index contributed by atoms with van der Waals surface area (Å²) in [6, 6.07) is 19.3. The zero-order valence-corrected chi connectivity index (χ0v) is 16.3. The van der Waals surface area contributed by atoms with Gasteiger partial charge in [0.2, 0.25) is 0 Å². The Morgan fingerprint density at radius 3 is 2.03 bits per heavy atom. The fourth-order valence-electron chi connectivity index (χ4n) is 2.60. The first kappa shape index (κ1) is 22.4. The number of nitrogens with one attached hydrogen (secondary N) is 1. The zero-order chi connectivity index (χ0) is 23.1. The smallest absolute Gasteiger partial charge is 0.477 e. The average Bonchev–Trinajstić information content (AvgIpc) is 2.75. The Kier molecular flexibility index (Phi) is 6.79. The Balaban J connectivity index is 1.75. The predicted molar refractivity (Wildman–Crippen MR) is 109 cm³/mol. The maximum Gasteiger partial charge on any atom is 0.573 e. The molecule has 0 aliphatic rings. The van der Waals surface area contributed by atoms with Crippen molar-refractivity contribution in [2.75, 3.05) is 0 Å². The van der Waals surface area contributed by atoms with Crippen LogP contribution >= 0.6 is 0 Å². The van der Waals surface area contributed by atoms with Gasteiger partial charge in [-0.25, -0.2) is 4.79 Å². The van der Waals surface area contributed by atoms with Crippen molar-refractivity contribution in [3.05, 3.63) is 95.7 Å². The average molecular weight is 443 g/mol. The second-order valence-corrected chi connectivity index (χ2v) is 6.35. The van der Waals surface area contributed by atoms with Crippen LogP contribution in [0.5, 0.6) is 17.2 Å². The van der Waals surface area contributed by atoms with Gasteiger partial charge in [0.1, 0.15) is 11.4 Å². The number of carboxylic acids is 1. The van der Waals surface area contributed by atoms with Gasteiger partial charge in [-0.1, -0.05) is 42.5 Å². The number of ether oxygens (including phenoxy) is 2. The summed E-state index contributed by atoms with van der Waals surface area (Å²) in [5.41, 5.74) is 0.363. The number of alkyl halides is 3. The van der Waals surface area contributed by atoms with Crippen molar-refractivity contribution in [1.29, 1.82) is 0 Å². The Labute approximate surface area is 180 Å². The first-order valence-corrected chi connectivity index (χ1v) is 9.15. The number of carbonyl (C=O) groups excluding carboxylic acids is 1. The number of hydrogen-bond acceptors (Lipinski definition) is 4. The highest BCUT2D eigenvalue weighted by Gasteiger charge is 2.32. The van der Waals surface area contributed by atoms with Crippen LogP contribution in [0.4, 0.5) is 13.2 Å². The van der Waals surface area contributed by atoms with Gasteiger partial charge in [0.15, 0.2) is 11.5 Å². The van der Waals surface area contributed by atoms with Crippen molar-refractivity contribution in [2.24, 2.45) is 0 Å². The van der Waals surface area contributed by atoms with Gasteiger partial charge in [-0.15, -0.1) is 13.2 Å². The quantitative estimate of drug-likeness (QED) is 0.489. The number of rotatable bonds is 7. The lowest BCUT2D eigenvalue weighted by atomic mass is 10.1. The van der Waals surface area contributed by atoms with E-state index in [0.717, 1.165) is 6.07 Å². The maximum atomic E-state index is 12.5. The van der Waals surface area contributed by atoms with Crippen molar-refractivity contribution in [3.63, 3.8) is 0 Å². The molecule has 3 aromatic carbocycles. The number of benzene rings is 3. The van der Waals surface area contributed by atoms with Crippen LogP contribution in [0.15, 0.2) is 84.6 Å². The summed E-state index contributed by atoms with van der Waals surface area (Å²) in [5.74, 6) is -2.37. The SMILES string of the molecule is O=C(O)/C(=C/c1ccc(Oc2ccccc2OC(F)(F)F)cc1)NC(=O)c1ccccc1. The Morgan fingerprint density at radius 1 is 0.844 bits per heavy atom. The van der Waals surface area contributed by atoms with Crippen LogP contribution < -0.4 is 14.8 Å². The summed E-state index contributed by atoms with van der Waals surface area (Å²) in [4.78, 5) is 23.7. The van der Waals surface area contributed by atoms with E-state index in [0.29, 0.717) is 11.1 Å². The second kappa shape index (κ2) is 9.69. The van der Waals surface area contributed by atoms with E-state index in [1.165, 1.54) is 48.5 Å². The summed E-state index contributed by atoms with van der Waals surface area (Å²) < 4.78 is 47.0. The molecule has 0 aromatic heterocycles. The first-order valence-electron chi connectivity index (χ1n) is 9.15. The highest BCUT2D eigenvalue weighted by molar-refractivity contribution is 6.02. The molecule has 0 atom stereocenters. The van der Waals surface area contributed by atoms with Gasteiger partial charge in [0.05, 0.1) is 0 Å². The van der Waals surface area contributed by atoms with E-state index >= 15 is 0 Å². The topological polar surface area (TPSA) is 84.9 Å². The van der Waals surface area contributed by atoms with Crippen LogP contribution in [0.2, 0.25) is 0 Å². The van der Waals surface area contributed by atoms with Crippen molar-refractivity contribution in [2.45, 2.75) is 6.36 Å². The van der Waals surface area contributed by atoms with Gasteiger partial charge < -0.3 is 19.9 Å². The van der Waals surface area contributed by atoms with Crippen LogP contribution in [-0.4, -0.2) is 23.3 Å². The van der Waals surface area contributed by atoms with Gasteiger partial charge in [-0.2, -0.15) is 0 Å². The minimum absolute atomic E-state index is 0.144. The standard InChI is InChI=1S/C23H16F3NO5/c24-23(25,26)32-20-9-5-4-8-19(20)31-17-12-10-15(11-13-17)14-18(22(29)30)27-21(28)16-6-2-1-3-7-16/h1-14H,(H,27,28)(H,29,30)/b18-14-. The molecule has 0 bridgehead atoms. The first-order chi connectivity index (χ1) is 15.2. The van der Waals surface area contributed by atoms with Crippen molar-refractivity contribution < 1.29 is 37.3 Å². The summed E-state index contributed by atoms with van der Waals surface area (Å²) >= 11 is 0. The third-order valence-corrected chi connectivity index (χ3v) is 4.01. The van der Waals surface area contributed by atoms with Crippen molar-refractivity contribution in [1.82, 2.24) is 5.32 Å². The molecule has 9 heteroatoms. The molecule has 0 fully saturated rings. The third kappa shape index (κ3) is 6.36. The molecule has 0 spiro atoms. The van der Waals surface area contributed by atoms with E-state index in [2.05, 4.69) is 10.1 Å². The van der Waals surface area contributed by atoms with Crippen molar-refractivity contribution >= 4 is 18.0 Å². The minimum Gasteiger partial charge on any atom is -0.477 e. The molecule has 2 N–H and O–H groups in total. The van der Waals surface area contributed by atoms with E-state index in [4.69, 9.17) is 4.74 Å². The Hall–Kier alpha value is -4.27. The van der Waals surface area contributed by atoms with Gasteiger partial charge in [-0.3, -0.25) is 4.79 Å². The molecule has 3 aromatic rings. The molecule has 0 aliphatic heterocycles. The van der Waals surface area contributed by atoms with Gasteiger partial charge in [-0.05, 0) is 48.0 Å². The Morgan fingerprint density at radius 2 is 1.44 bits per heavy atom. The lowest BCUT2D eigenvalue weighted by molar-refractivity contribution is -0.275. The number of aliphatic carboxylic acids is 1. The molecular formula is C23H16F3NO5. The van der Waals surface area contributed by atoms with Crippen LogP contribution in [-0.2, 0) is 4.79 Å². The molecule has 0 unspecified atom stereocenters. The highest BCUT2D eigenvalue weighted by Crippen LogP contribution is 2.34. The number of amides is 1. The lowest BCUT2D eigenvalue weighted by Crippen LogP contribution is -2.27. The molecule has 6 nitrogen and oxygen atoms in total. The molecule has 32 heavy (non-hydrogen) atoms. The molecule has 3 rings (SSSR count). The van der Waals surface area contributed by atoms with Gasteiger partial charge in [0.25, 0.3) is 5.91 Å². The largest absolute Gasteiger partial charge is 0.573 e. The van der Waals surface area contributed by atoms with Crippen LogP contribution in [0.3, 0.4) is 0 Å². The molecule has 0 aliphatic carbocycles. The maximum absolute atomic E-state index is 12.5. The van der Waals surface area contributed by atoms with Gasteiger partial charge in [0, 0.05) is 5.56 Å². The number of carboxylic acid groups (broad SMARTS) is 1. The molecule has 164 valence electrons. The van der Waals surface area contributed by atoms with E-state index in [-0.39, 0.29) is 17.2 Å². The fourth-order valence-corrected chi connectivity index (χ4v) is 2.60. The molecule has 1 amide bonds. The van der Waals surface area contributed by atoms with Crippen molar-refractivity contribution in [3.8, 4) is 17.2 Å². The number of carbonyl (C=O) groups is 2. The molecule has 0 saturated heterocycles. The minimum atomic E-state index is -4.87. The molecule has 0 radical (unpaired) electrons. The van der Waals surface area contributed by atoms with E-state index < -0.39 is 24.0 Å². The number of halogens is 3. The zero-order valence-electron chi connectivity index (χ0n) is 16.3. The summed E-state index contributed by atoms with van der Waals surface area (Å²) in [6.07, 6.45) is -3.63. The molecular weight excluding hydrogens is 427 g/mol. The number of hydrogen-bond donors (Lipinski definition) is 2. The molecule has 0 saturated carbocycles. The van der Waals surface area contributed by atoms with Gasteiger partial charge >= 0.3 is 12.3 Å². The highest BCUT2D eigenvalue weighted by atomic mass is 19.4. The van der Waals surface area contributed by atoms with Crippen LogP contribution in [0, 0.1) is 0 Å². The summed E-state index contributed by atoms with van der Waals surface area (Å²) in [6.45, 7) is 0.